The van der Waals surface area contributed by atoms with Crippen molar-refractivity contribution < 1.29 is 28.6 Å². The summed E-state index contributed by atoms with van der Waals surface area (Å²) in [6.07, 6.45) is 1.88. The molecule has 2 aromatic rings. The van der Waals surface area contributed by atoms with E-state index in [4.69, 9.17) is 19.9 Å². The third-order valence-electron chi connectivity index (χ3n) is 4.17. The zero-order valence-corrected chi connectivity index (χ0v) is 16.0. The average molecular weight is 401 g/mol. The van der Waals surface area contributed by atoms with Crippen molar-refractivity contribution >= 4 is 29.7 Å². The molecule has 0 aromatic heterocycles. The number of thioether (sulfide) groups is 1. The summed E-state index contributed by atoms with van der Waals surface area (Å²) in [5.41, 5.74) is 4.83. The van der Waals surface area contributed by atoms with Crippen molar-refractivity contribution in [3.8, 4) is 5.75 Å². The molecule has 2 aliphatic rings. The highest BCUT2D eigenvalue weighted by Crippen LogP contribution is 2.23. The Morgan fingerprint density at radius 2 is 1.64 bits per heavy atom. The third kappa shape index (κ3) is 4.35. The van der Waals surface area contributed by atoms with Crippen LogP contribution in [0, 0.1) is 0 Å². The first-order valence-corrected chi connectivity index (χ1v) is 9.91. The molecule has 1 atom stereocenters. The van der Waals surface area contributed by atoms with Gasteiger partial charge in [-0.15, -0.1) is 0 Å². The van der Waals surface area contributed by atoms with Gasteiger partial charge in [0.05, 0.1) is 11.1 Å². The van der Waals surface area contributed by atoms with Crippen LogP contribution in [0.4, 0.5) is 0 Å². The Labute approximate surface area is 166 Å². The molecule has 0 radical (unpaired) electrons. The van der Waals surface area contributed by atoms with E-state index in [2.05, 4.69) is 0 Å². The average Bonchev–Trinajstić information content (AvgIpc) is 2.70. The molecule has 28 heavy (non-hydrogen) atoms. The fourth-order valence-electron chi connectivity index (χ4n) is 2.58. The predicted octanol–water partition coefficient (Wildman–Crippen LogP) is 2.53. The lowest BCUT2D eigenvalue weighted by atomic mass is 10.1. The molecule has 0 fully saturated rings. The Bertz CT molecular complexity index is 898. The quantitative estimate of drug-likeness (QED) is 0.618. The maximum atomic E-state index is 12.7. The number of carbonyl (C=O) groups excluding carboxylic acids is 3. The monoisotopic (exact) mass is 401 g/mol. The molecule has 0 spiro atoms. The highest BCUT2D eigenvalue weighted by Gasteiger charge is 2.41. The maximum absolute atomic E-state index is 12.7. The fraction of sp³-hybridized carbons (Fsp3) is 0.250. The highest BCUT2D eigenvalue weighted by molar-refractivity contribution is 7.98. The number of esters is 3. The second-order valence-corrected chi connectivity index (χ2v) is 7.16. The molecule has 1 unspecified atom stereocenters. The number of fused-ring (bicyclic) bond motifs is 8. The van der Waals surface area contributed by atoms with Crippen LogP contribution in [-0.4, -0.2) is 35.6 Å². The minimum Gasteiger partial charge on any atom is -0.457 e. The van der Waals surface area contributed by atoms with Crippen LogP contribution in [0.3, 0.4) is 0 Å². The minimum atomic E-state index is -2.00. The van der Waals surface area contributed by atoms with E-state index in [0.717, 1.165) is 0 Å². The number of benzene rings is 2. The molecule has 2 heterocycles. The van der Waals surface area contributed by atoms with Crippen molar-refractivity contribution in [2.24, 2.45) is 5.73 Å². The van der Waals surface area contributed by atoms with Gasteiger partial charge < -0.3 is 14.2 Å². The van der Waals surface area contributed by atoms with E-state index in [1.54, 1.807) is 36.4 Å². The van der Waals surface area contributed by atoms with E-state index in [9.17, 15) is 14.4 Å². The minimum absolute atomic E-state index is 0.00495. The summed E-state index contributed by atoms with van der Waals surface area (Å²) >= 11 is 1.44. The van der Waals surface area contributed by atoms with Crippen LogP contribution in [0.25, 0.3) is 0 Å². The van der Waals surface area contributed by atoms with Crippen LogP contribution in [0.15, 0.2) is 48.5 Å². The molecule has 0 saturated carbocycles. The van der Waals surface area contributed by atoms with Crippen molar-refractivity contribution in [1.82, 2.24) is 0 Å². The number of carbonyl (C=O) groups is 3. The summed E-state index contributed by atoms with van der Waals surface area (Å²) in [7, 11) is 0. The molecule has 146 valence electrons. The van der Waals surface area contributed by atoms with Crippen LogP contribution in [0.2, 0.25) is 0 Å². The maximum Gasteiger partial charge on any atom is 0.371 e. The van der Waals surface area contributed by atoms with E-state index in [1.807, 2.05) is 6.26 Å². The summed E-state index contributed by atoms with van der Waals surface area (Å²) in [6, 6.07) is 12.5. The van der Waals surface area contributed by atoms with Gasteiger partial charge in [0, 0.05) is 6.42 Å². The van der Waals surface area contributed by atoms with Crippen LogP contribution < -0.4 is 10.5 Å². The first-order valence-electron chi connectivity index (χ1n) is 8.51. The first-order chi connectivity index (χ1) is 13.4. The predicted molar refractivity (Wildman–Crippen MR) is 103 cm³/mol. The lowest BCUT2D eigenvalue weighted by Crippen LogP contribution is -2.54. The van der Waals surface area contributed by atoms with Crippen molar-refractivity contribution in [3.63, 3.8) is 0 Å². The Hall–Kier alpha value is -2.84. The molecular weight excluding hydrogens is 382 g/mol. The normalized spacial score (nSPS) is 19.9. The van der Waals surface area contributed by atoms with Crippen molar-refractivity contribution in [2.75, 3.05) is 12.0 Å². The van der Waals surface area contributed by atoms with E-state index < -0.39 is 23.6 Å². The van der Waals surface area contributed by atoms with E-state index >= 15 is 0 Å². The van der Waals surface area contributed by atoms with Gasteiger partial charge in [0.1, 0.15) is 12.4 Å². The Morgan fingerprint density at radius 3 is 2.29 bits per heavy atom. The number of nitrogens with two attached hydrogens (primary N) is 1. The fourth-order valence-corrected chi connectivity index (χ4v) is 3.09. The molecular formula is C20H19NO6S. The molecule has 4 rings (SSSR count). The lowest BCUT2D eigenvalue weighted by Gasteiger charge is -2.27. The molecule has 7 nitrogen and oxygen atoms in total. The van der Waals surface area contributed by atoms with Gasteiger partial charge in [0.15, 0.2) is 0 Å². The Kier molecular flexibility index (Phi) is 6.01. The Balaban J connectivity index is 2.04. The topological polar surface area (TPSA) is 105 Å². The smallest absolute Gasteiger partial charge is 0.371 e. The molecule has 2 aromatic carbocycles. The Morgan fingerprint density at radius 1 is 1.00 bits per heavy atom. The van der Waals surface area contributed by atoms with Gasteiger partial charge in [-0.1, -0.05) is 24.3 Å². The number of hydrogen-bond donors (Lipinski definition) is 1. The van der Waals surface area contributed by atoms with Gasteiger partial charge >= 0.3 is 17.9 Å². The van der Waals surface area contributed by atoms with Crippen LogP contribution in [0.5, 0.6) is 5.75 Å². The highest BCUT2D eigenvalue weighted by atomic mass is 32.2. The molecule has 0 amide bonds. The third-order valence-corrected chi connectivity index (χ3v) is 4.78. The summed E-state index contributed by atoms with van der Waals surface area (Å²) in [5.74, 6) is -1.77. The summed E-state index contributed by atoms with van der Waals surface area (Å²) < 4.78 is 16.0. The van der Waals surface area contributed by atoms with Crippen LogP contribution in [0.1, 0.15) is 32.7 Å². The number of rotatable bonds is 3. The van der Waals surface area contributed by atoms with Gasteiger partial charge in [-0.05, 0) is 41.8 Å². The van der Waals surface area contributed by atoms with Crippen LogP contribution in [-0.2, 0) is 20.9 Å². The van der Waals surface area contributed by atoms with Gasteiger partial charge in [-0.2, -0.15) is 11.8 Å². The standard InChI is InChI=1S/C20H19NO6S/c1-28-11-10-20(21)19(24)26-14-8-6-13(7-9-14)12-25-17(22)15-4-2-3-5-16(15)18(23)27-20/h2-9H,10-12,21H2,1H3. The molecule has 0 aliphatic carbocycles. The largest absolute Gasteiger partial charge is 0.457 e. The van der Waals surface area contributed by atoms with E-state index in [-0.39, 0.29) is 29.9 Å². The second-order valence-electron chi connectivity index (χ2n) is 6.18. The SMILES string of the molecule is CSCCC1(N)OC(=O)c2ccccc2C(=O)OCc2ccc(cc2)OC1=O. The summed E-state index contributed by atoms with van der Waals surface area (Å²) in [5, 5.41) is 0. The van der Waals surface area contributed by atoms with Crippen LogP contribution >= 0.6 is 11.8 Å². The lowest BCUT2D eigenvalue weighted by molar-refractivity contribution is -0.156. The number of hydrogen-bond acceptors (Lipinski definition) is 8. The molecule has 2 bridgehead atoms. The van der Waals surface area contributed by atoms with Gasteiger partial charge in [0.2, 0.25) is 0 Å². The van der Waals surface area contributed by atoms with Crippen molar-refractivity contribution in [2.45, 2.75) is 18.8 Å². The van der Waals surface area contributed by atoms with Gasteiger partial charge in [-0.25, -0.2) is 14.4 Å². The zero-order chi connectivity index (χ0) is 20.1. The molecule has 2 aliphatic heterocycles. The molecule has 2 N–H and O–H groups in total. The summed E-state index contributed by atoms with van der Waals surface area (Å²) in [4.78, 5) is 37.9. The summed E-state index contributed by atoms with van der Waals surface area (Å²) in [6.45, 7) is 0.00495. The van der Waals surface area contributed by atoms with Crippen molar-refractivity contribution in [1.29, 1.82) is 0 Å². The number of ether oxygens (including phenoxy) is 3. The molecule has 8 heteroatoms. The zero-order valence-electron chi connectivity index (χ0n) is 15.2. The molecule has 0 saturated heterocycles. The van der Waals surface area contributed by atoms with Crippen molar-refractivity contribution in [3.05, 3.63) is 65.2 Å². The van der Waals surface area contributed by atoms with Gasteiger partial charge in [-0.3, -0.25) is 5.73 Å². The van der Waals surface area contributed by atoms with Gasteiger partial charge in [0.25, 0.3) is 5.72 Å². The second kappa shape index (κ2) is 8.45. The van der Waals surface area contributed by atoms with E-state index in [0.29, 0.717) is 11.3 Å². The first kappa shape index (κ1) is 19.9. The van der Waals surface area contributed by atoms with E-state index in [1.165, 1.54) is 23.9 Å².